The molecule has 1 aromatic heterocycles. The Morgan fingerprint density at radius 3 is 2.67 bits per heavy atom. The molecule has 2 heterocycles. The van der Waals surface area contributed by atoms with Gasteiger partial charge < -0.3 is 14.0 Å². The molecule has 13 heteroatoms. The number of benzene rings is 1. The van der Waals surface area contributed by atoms with Crippen LogP contribution in [-0.4, -0.2) is 41.4 Å². The summed E-state index contributed by atoms with van der Waals surface area (Å²) in [5.74, 6) is -0.466. The van der Waals surface area contributed by atoms with Gasteiger partial charge in [-0.1, -0.05) is 17.7 Å². The summed E-state index contributed by atoms with van der Waals surface area (Å²) >= 11 is 5.87. The van der Waals surface area contributed by atoms with Crippen LogP contribution in [0.3, 0.4) is 0 Å². The zero-order valence-corrected chi connectivity index (χ0v) is 19.7. The fourth-order valence-corrected chi connectivity index (χ4v) is 4.51. The molecule has 0 amide bonds. The molecule has 0 aliphatic carbocycles. The van der Waals surface area contributed by atoms with Crippen molar-refractivity contribution in [1.29, 1.82) is 0 Å². The molecule has 0 radical (unpaired) electrons. The van der Waals surface area contributed by atoms with E-state index in [9.17, 15) is 18.9 Å². The fourth-order valence-electron chi connectivity index (χ4n) is 2.88. The summed E-state index contributed by atoms with van der Waals surface area (Å²) in [6, 6.07) is 5.08. The van der Waals surface area contributed by atoms with E-state index in [0.717, 1.165) is 0 Å². The number of carbonyl (C=O) groups excluding carboxylic acids is 1. The fraction of sp³-hybridized carbons (Fsp3) is 0.350. The van der Waals surface area contributed by atoms with Crippen molar-refractivity contribution in [2.24, 2.45) is 0 Å². The van der Waals surface area contributed by atoms with Crippen molar-refractivity contribution < 1.29 is 27.9 Å². The Morgan fingerprint density at radius 1 is 1.30 bits per heavy atom. The number of aryl methyl sites for hydroxylation is 1. The first kappa shape index (κ1) is 24.9. The summed E-state index contributed by atoms with van der Waals surface area (Å²) in [5.41, 5.74) is -0.774. The molecule has 0 saturated heterocycles. The van der Waals surface area contributed by atoms with Gasteiger partial charge in [0.2, 0.25) is 0 Å². The standard InChI is InChI=1S/C20H23ClN3O8P/c1-12-10-24(20(27)22-18(12)25)17-9-8-16(31-17)11-30-33(28,23-13(2)19(26)29-3)32-15-6-4-14(21)5-7-15/h4-10,13,16-17H,11H2,1-3H3,(H,23,28)(H,22,25,27)/t13-,16-,17+,33?/m0/s1. The first-order chi connectivity index (χ1) is 15.6. The number of aromatic amines is 1. The Kier molecular flexibility index (Phi) is 7.93. The molecule has 1 aliphatic heterocycles. The molecule has 2 N–H and O–H groups in total. The number of rotatable bonds is 9. The van der Waals surface area contributed by atoms with E-state index in [1.54, 1.807) is 31.2 Å². The predicted octanol–water partition coefficient (Wildman–Crippen LogP) is 2.31. The van der Waals surface area contributed by atoms with Gasteiger partial charge in [0.05, 0.1) is 13.7 Å². The van der Waals surface area contributed by atoms with Crippen molar-refractivity contribution in [2.45, 2.75) is 32.2 Å². The Balaban J connectivity index is 1.71. The number of halogens is 1. The van der Waals surface area contributed by atoms with Crippen LogP contribution in [0.5, 0.6) is 5.75 Å². The summed E-state index contributed by atoms with van der Waals surface area (Å²) in [5, 5.41) is 2.98. The molecule has 1 aliphatic rings. The minimum absolute atomic E-state index is 0.198. The lowest BCUT2D eigenvalue weighted by Crippen LogP contribution is -2.35. The number of esters is 1. The molecule has 4 atom stereocenters. The van der Waals surface area contributed by atoms with Crippen LogP contribution in [0.1, 0.15) is 18.7 Å². The molecular formula is C20H23ClN3O8P. The Morgan fingerprint density at radius 2 is 2.00 bits per heavy atom. The zero-order valence-electron chi connectivity index (χ0n) is 18.0. The molecule has 1 aromatic carbocycles. The number of carbonyl (C=O) groups is 1. The van der Waals surface area contributed by atoms with Crippen LogP contribution in [0.2, 0.25) is 5.02 Å². The molecule has 11 nitrogen and oxygen atoms in total. The second kappa shape index (κ2) is 10.5. The van der Waals surface area contributed by atoms with Gasteiger partial charge in [-0.3, -0.25) is 23.7 Å². The first-order valence-electron chi connectivity index (χ1n) is 9.81. The predicted molar refractivity (Wildman–Crippen MR) is 119 cm³/mol. The van der Waals surface area contributed by atoms with Crippen molar-refractivity contribution in [2.75, 3.05) is 13.7 Å². The van der Waals surface area contributed by atoms with Gasteiger partial charge in [0.25, 0.3) is 5.56 Å². The third-order valence-electron chi connectivity index (χ3n) is 4.58. The smallest absolute Gasteiger partial charge is 0.459 e. The van der Waals surface area contributed by atoms with E-state index in [-0.39, 0.29) is 12.4 Å². The lowest BCUT2D eigenvalue weighted by atomic mass is 10.3. The highest BCUT2D eigenvalue weighted by atomic mass is 35.5. The van der Waals surface area contributed by atoms with Gasteiger partial charge in [0, 0.05) is 16.8 Å². The lowest BCUT2D eigenvalue weighted by Gasteiger charge is -2.24. The molecule has 1 unspecified atom stereocenters. The molecule has 2 aromatic rings. The largest absolute Gasteiger partial charge is 0.468 e. The molecule has 0 spiro atoms. The number of ether oxygens (including phenoxy) is 2. The molecule has 0 bridgehead atoms. The Hall–Kier alpha value is -2.69. The Labute approximate surface area is 193 Å². The van der Waals surface area contributed by atoms with E-state index in [1.807, 2.05) is 0 Å². The summed E-state index contributed by atoms with van der Waals surface area (Å²) in [6.07, 6.45) is 3.12. The maximum absolute atomic E-state index is 13.4. The van der Waals surface area contributed by atoms with Crippen LogP contribution < -0.4 is 20.9 Å². The number of aromatic nitrogens is 2. The highest BCUT2D eigenvalue weighted by Gasteiger charge is 2.34. The van der Waals surface area contributed by atoms with E-state index in [2.05, 4.69) is 14.8 Å². The number of hydrogen-bond acceptors (Lipinski definition) is 8. The van der Waals surface area contributed by atoms with E-state index in [1.165, 1.54) is 36.9 Å². The van der Waals surface area contributed by atoms with Crippen molar-refractivity contribution in [3.05, 3.63) is 74.0 Å². The number of hydrogen-bond donors (Lipinski definition) is 2. The number of methoxy groups -OCH3 is 1. The van der Waals surface area contributed by atoms with Crippen LogP contribution in [-0.2, 0) is 23.4 Å². The van der Waals surface area contributed by atoms with E-state index < -0.39 is 43.3 Å². The number of nitrogens with zero attached hydrogens (tertiary/aromatic N) is 1. The van der Waals surface area contributed by atoms with Crippen LogP contribution in [0, 0.1) is 6.92 Å². The number of H-pyrrole nitrogens is 1. The molecule has 33 heavy (non-hydrogen) atoms. The van der Waals surface area contributed by atoms with Crippen molar-refractivity contribution >= 4 is 25.3 Å². The van der Waals surface area contributed by atoms with Crippen LogP contribution >= 0.6 is 19.3 Å². The van der Waals surface area contributed by atoms with Gasteiger partial charge in [0.15, 0.2) is 6.23 Å². The van der Waals surface area contributed by atoms with E-state index >= 15 is 0 Å². The second-order valence-corrected chi connectivity index (χ2v) is 9.27. The van der Waals surface area contributed by atoms with Crippen LogP contribution in [0.4, 0.5) is 0 Å². The average molecular weight is 500 g/mol. The average Bonchev–Trinajstić information content (AvgIpc) is 3.25. The topological polar surface area (TPSA) is 138 Å². The first-order valence-corrected chi connectivity index (χ1v) is 11.7. The van der Waals surface area contributed by atoms with Gasteiger partial charge in [-0.15, -0.1) is 0 Å². The number of nitrogens with one attached hydrogen (secondary N) is 2. The minimum atomic E-state index is -4.07. The Bertz CT molecular complexity index is 1190. The normalized spacial score (nSPS) is 20.2. The summed E-state index contributed by atoms with van der Waals surface area (Å²) in [4.78, 5) is 37.7. The van der Waals surface area contributed by atoms with Crippen LogP contribution in [0.25, 0.3) is 0 Å². The van der Waals surface area contributed by atoms with Crippen molar-refractivity contribution in [3.63, 3.8) is 0 Å². The monoisotopic (exact) mass is 499 g/mol. The van der Waals surface area contributed by atoms with E-state index in [0.29, 0.717) is 10.6 Å². The molecule has 0 saturated carbocycles. The third kappa shape index (κ3) is 6.43. The van der Waals surface area contributed by atoms with Gasteiger partial charge in [-0.2, -0.15) is 5.09 Å². The highest BCUT2D eigenvalue weighted by Crippen LogP contribution is 2.45. The van der Waals surface area contributed by atoms with Gasteiger partial charge >= 0.3 is 19.4 Å². The van der Waals surface area contributed by atoms with E-state index in [4.69, 9.17) is 25.4 Å². The summed E-state index contributed by atoms with van der Waals surface area (Å²) in [6.45, 7) is 2.78. The second-order valence-electron chi connectivity index (χ2n) is 7.14. The van der Waals surface area contributed by atoms with Crippen LogP contribution in [0.15, 0.2) is 52.2 Å². The SMILES string of the molecule is COC(=O)[C@H](C)NP(=O)(OC[C@@H]1C=C[C@H](n2cc(C)c(=O)[nH]c2=O)O1)Oc1ccc(Cl)cc1. The van der Waals surface area contributed by atoms with Gasteiger partial charge in [-0.05, 0) is 44.2 Å². The molecular weight excluding hydrogens is 477 g/mol. The zero-order chi connectivity index (χ0) is 24.2. The molecule has 3 rings (SSSR count). The summed E-state index contributed by atoms with van der Waals surface area (Å²) < 4.78 is 36.0. The van der Waals surface area contributed by atoms with Crippen molar-refractivity contribution in [1.82, 2.24) is 14.6 Å². The summed E-state index contributed by atoms with van der Waals surface area (Å²) in [7, 11) is -2.87. The molecule has 0 fully saturated rings. The minimum Gasteiger partial charge on any atom is -0.468 e. The molecule has 178 valence electrons. The third-order valence-corrected chi connectivity index (χ3v) is 6.47. The van der Waals surface area contributed by atoms with Gasteiger partial charge in [-0.25, -0.2) is 9.36 Å². The van der Waals surface area contributed by atoms with Gasteiger partial charge in [0.1, 0.15) is 17.9 Å². The van der Waals surface area contributed by atoms with Crippen molar-refractivity contribution in [3.8, 4) is 5.75 Å². The maximum atomic E-state index is 13.4. The highest BCUT2D eigenvalue weighted by molar-refractivity contribution is 7.52. The lowest BCUT2D eigenvalue weighted by molar-refractivity contribution is -0.142. The quantitative estimate of drug-likeness (QED) is 0.302. The maximum Gasteiger partial charge on any atom is 0.459 e.